The van der Waals surface area contributed by atoms with Crippen molar-refractivity contribution in [3.8, 4) is 0 Å². The number of hydrogen-bond donors (Lipinski definition) is 1. The maximum Gasteiger partial charge on any atom is 0.306 e. The van der Waals surface area contributed by atoms with Crippen molar-refractivity contribution in [2.24, 2.45) is 0 Å². The number of rotatable bonds is 7. The minimum atomic E-state index is -0.421. The second-order valence-electron chi connectivity index (χ2n) is 6.05. The van der Waals surface area contributed by atoms with Crippen LogP contribution in [0.1, 0.15) is 30.0 Å². The highest BCUT2D eigenvalue weighted by Gasteiger charge is 2.14. The summed E-state index contributed by atoms with van der Waals surface area (Å²) >= 11 is 7.68. The van der Waals surface area contributed by atoms with Crippen LogP contribution < -0.4 is 5.32 Å². The van der Waals surface area contributed by atoms with Crippen LogP contribution in [0.3, 0.4) is 0 Å². The number of hydrogen-bond acceptors (Lipinski definition) is 5. The molecule has 5 nitrogen and oxygen atoms in total. The van der Waals surface area contributed by atoms with E-state index in [0.29, 0.717) is 11.4 Å². The minimum Gasteiger partial charge on any atom is -0.456 e. The third-order valence-electron chi connectivity index (χ3n) is 3.99. The van der Waals surface area contributed by atoms with Crippen molar-refractivity contribution in [2.75, 3.05) is 6.61 Å². The van der Waals surface area contributed by atoms with Crippen LogP contribution in [0.25, 0.3) is 10.2 Å². The Balaban J connectivity index is 1.43. The van der Waals surface area contributed by atoms with Crippen LogP contribution in [0.5, 0.6) is 0 Å². The molecule has 140 valence electrons. The third kappa shape index (κ3) is 5.28. The van der Waals surface area contributed by atoms with Gasteiger partial charge in [0.25, 0.3) is 5.91 Å². The molecule has 0 saturated carbocycles. The minimum absolute atomic E-state index is 0.188. The Morgan fingerprint density at radius 2 is 1.93 bits per heavy atom. The number of benzene rings is 2. The van der Waals surface area contributed by atoms with Gasteiger partial charge < -0.3 is 10.1 Å². The van der Waals surface area contributed by atoms with E-state index in [9.17, 15) is 9.59 Å². The van der Waals surface area contributed by atoms with Crippen LogP contribution in [0, 0.1) is 0 Å². The van der Waals surface area contributed by atoms with E-state index in [1.807, 2.05) is 49.4 Å². The maximum absolute atomic E-state index is 12.0. The smallest absolute Gasteiger partial charge is 0.306 e. The summed E-state index contributed by atoms with van der Waals surface area (Å²) in [5, 5.41) is 4.23. The van der Waals surface area contributed by atoms with Crippen LogP contribution in [0.4, 0.5) is 0 Å². The number of para-hydroxylation sites is 1. The van der Waals surface area contributed by atoms with E-state index >= 15 is 0 Å². The van der Waals surface area contributed by atoms with Gasteiger partial charge in [-0.15, -0.1) is 11.3 Å². The molecule has 27 heavy (non-hydrogen) atoms. The number of ether oxygens (including phenoxy) is 1. The lowest BCUT2D eigenvalue weighted by molar-refractivity contribution is -0.148. The fourth-order valence-corrected chi connectivity index (χ4v) is 3.91. The number of carbonyl (C=O) groups excluding carboxylic acids is 2. The number of fused-ring (bicyclic) bond motifs is 1. The summed E-state index contributed by atoms with van der Waals surface area (Å²) in [6.07, 6.45) is 0.684. The third-order valence-corrected chi connectivity index (χ3v) is 5.44. The Labute approximate surface area is 166 Å². The molecule has 1 N–H and O–H groups in total. The molecular formula is C20H19ClN2O3S. The number of halogens is 1. The summed E-state index contributed by atoms with van der Waals surface area (Å²) in [5.41, 5.74) is 1.74. The fraction of sp³-hybridized carbons (Fsp3) is 0.250. The van der Waals surface area contributed by atoms with Gasteiger partial charge in [-0.05, 0) is 30.7 Å². The Morgan fingerprint density at radius 1 is 1.19 bits per heavy atom. The average molecular weight is 403 g/mol. The lowest BCUT2D eigenvalue weighted by atomic mass is 10.1. The van der Waals surface area contributed by atoms with Crippen LogP contribution in [-0.2, 0) is 20.7 Å². The zero-order valence-electron chi connectivity index (χ0n) is 14.8. The standard InChI is InChI=1S/C20H19ClN2O3S/c1-13(14-6-2-3-7-15(14)21)22-18(24)12-26-20(25)11-10-19-23-16-8-4-5-9-17(16)27-19/h2-9,13H,10-12H2,1H3,(H,22,24)/t13-/m0/s1. The van der Waals surface area contributed by atoms with Crippen molar-refractivity contribution in [3.63, 3.8) is 0 Å². The summed E-state index contributed by atoms with van der Waals surface area (Å²) in [5.74, 6) is -0.787. The molecule has 0 unspecified atom stereocenters. The Bertz CT molecular complexity index is 924. The molecule has 2 aromatic carbocycles. The number of aromatic nitrogens is 1. The number of aryl methyl sites for hydroxylation is 1. The maximum atomic E-state index is 12.0. The first-order chi connectivity index (χ1) is 13.0. The predicted molar refractivity (Wildman–Crippen MR) is 107 cm³/mol. The van der Waals surface area contributed by atoms with Gasteiger partial charge in [0.15, 0.2) is 6.61 Å². The predicted octanol–water partition coefficient (Wildman–Crippen LogP) is 4.30. The zero-order chi connectivity index (χ0) is 19.2. The van der Waals surface area contributed by atoms with Crippen molar-refractivity contribution < 1.29 is 14.3 Å². The highest BCUT2D eigenvalue weighted by molar-refractivity contribution is 7.18. The SMILES string of the molecule is C[C@H](NC(=O)COC(=O)CCc1nc2ccccc2s1)c1ccccc1Cl. The molecular weight excluding hydrogens is 384 g/mol. The number of esters is 1. The first-order valence-corrected chi connectivity index (χ1v) is 9.76. The molecule has 1 heterocycles. The van der Waals surface area contributed by atoms with E-state index in [2.05, 4.69) is 10.3 Å². The number of thiazole rings is 1. The molecule has 7 heteroatoms. The van der Waals surface area contributed by atoms with Gasteiger partial charge in [0, 0.05) is 11.4 Å². The molecule has 0 saturated heterocycles. The van der Waals surface area contributed by atoms with Gasteiger partial charge in [0.05, 0.1) is 27.7 Å². The van der Waals surface area contributed by atoms with Gasteiger partial charge in [-0.1, -0.05) is 41.9 Å². The quantitative estimate of drug-likeness (QED) is 0.598. The van der Waals surface area contributed by atoms with Gasteiger partial charge in [-0.25, -0.2) is 4.98 Å². The van der Waals surface area contributed by atoms with Crippen LogP contribution in [0.15, 0.2) is 48.5 Å². The highest BCUT2D eigenvalue weighted by atomic mass is 35.5. The van der Waals surface area contributed by atoms with Crippen molar-refractivity contribution in [1.82, 2.24) is 10.3 Å². The Morgan fingerprint density at radius 3 is 2.70 bits per heavy atom. The molecule has 0 spiro atoms. The lowest BCUT2D eigenvalue weighted by Crippen LogP contribution is -2.31. The zero-order valence-corrected chi connectivity index (χ0v) is 16.3. The van der Waals surface area contributed by atoms with Crippen LogP contribution >= 0.6 is 22.9 Å². The van der Waals surface area contributed by atoms with Crippen LogP contribution in [0.2, 0.25) is 5.02 Å². The average Bonchev–Trinajstić information content (AvgIpc) is 3.08. The van der Waals surface area contributed by atoms with Gasteiger partial charge in [-0.2, -0.15) is 0 Å². The number of amides is 1. The molecule has 1 amide bonds. The summed E-state index contributed by atoms with van der Waals surface area (Å²) < 4.78 is 6.15. The number of carbonyl (C=O) groups is 2. The number of nitrogens with zero attached hydrogens (tertiary/aromatic N) is 1. The van der Waals surface area contributed by atoms with E-state index in [0.717, 1.165) is 20.8 Å². The second kappa shape index (κ2) is 8.97. The fourth-order valence-electron chi connectivity index (χ4n) is 2.64. The van der Waals surface area contributed by atoms with Gasteiger partial charge in [0.2, 0.25) is 0 Å². The summed E-state index contributed by atoms with van der Waals surface area (Å²) in [6.45, 7) is 1.52. The molecule has 0 aliphatic rings. The molecule has 1 atom stereocenters. The first kappa shape index (κ1) is 19.3. The highest BCUT2D eigenvalue weighted by Crippen LogP contribution is 2.23. The van der Waals surface area contributed by atoms with Gasteiger partial charge in [0.1, 0.15) is 0 Å². The molecule has 0 radical (unpaired) electrons. The van der Waals surface area contributed by atoms with Crippen molar-refractivity contribution in [1.29, 1.82) is 0 Å². The van der Waals surface area contributed by atoms with Crippen molar-refractivity contribution >= 4 is 45.0 Å². The molecule has 0 bridgehead atoms. The van der Waals surface area contributed by atoms with Gasteiger partial charge >= 0.3 is 5.97 Å². The van der Waals surface area contributed by atoms with E-state index < -0.39 is 5.97 Å². The second-order valence-corrected chi connectivity index (χ2v) is 7.57. The number of nitrogens with one attached hydrogen (secondary N) is 1. The molecule has 0 aliphatic carbocycles. The normalized spacial score (nSPS) is 11.9. The molecule has 3 aromatic rings. The Hall–Kier alpha value is -2.44. The first-order valence-electron chi connectivity index (χ1n) is 8.57. The van der Waals surface area contributed by atoms with E-state index in [1.165, 1.54) is 0 Å². The van der Waals surface area contributed by atoms with Crippen LogP contribution in [-0.4, -0.2) is 23.5 Å². The summed E-state index contributed by atoms with van der Waals surface area (Å²) in [4.78, 5) is 28.4. The Kier molecular flexibility index (Phi) is 6.42. The largest absolute Gasteiger partial charge is 0.456 e. The van der Waals surface area contributed by atoms with Crippen molar-refractivity contribution in [3.05, 3.63) is 64.1 Å². The van der Waals surface area contributed by atoms with E-state index in [4.69, 9.17) is 16.3 Å². The van der Waals surface area contributed by atoms with E-state index in [1.54, 1.807) is 17.4 Å². The molecule has 0 aliphatic heterocycles. The summed E-state index contributed by atoms with van der Waals surface area (Å²) in [7, 11) is 0. The summed E-state index contributed by atoms with van der Waals surface area (Å²) in [6, 6.07) is 14.9. The molecule has 1 aromatic heterocycles. The molecule has 3 rings (SSSR count). The lowest BCUT2D eigenvalue weighted by Gasteiger charge is -2.15. The molecule has 0 fully saturated rings. The van der Waals surface area contributed by atoms with Gasteiger partial charge in [-0.3, -0.25) is 9.59 Å². The van der Waals surface area contributed by atoms with Crippen molar-refractivity contribution in [2.45, 2.75) is 25.8 Å². The topological polar surface area (TPSA) is 68.3 Å². The monoisotopic (exact) mass is 402 g/mol. The van der Waals surface area contributed by atoms with E-state index in [-0.39, 0.29) is 25.0 Å².